The molecule has 0 saturated carbocycles. The first-order chi connectivity index (χ1) is 25.0. The molecule has 51 heavy (non-hydrogen) atoms. The molecule has 0 saturated heterocycles. The van der Waals surface area contributed by atoms with E-state index in [1.807, 2.05) is 0 Å². The first kappa shape index (κ1) is 30.8. The van der Waals surface area contributed by atoms with Crippen molar-refractivity contribution in [1.82, 2.24) is 0 Å². The summed E-state index contributed by atoms with van der Waals surface area (Å²) in [6.45, 7) is 4.74. The fraction of sp³-hybridized carbons (Fsp3) is 0.0588. The standard InChI is InChI=1S/C51H38/c1-51(2)49-33-45(41-21-15-35(16-22-41)11-13-37-19-25-39-7-3-5-9-43(39)31-37)27-29-47(49)48-30-28-46(34-50(48)51)42-23-17-36(18-24-42)12-14-38-20-26-40-8-4-6-10-44(40)32-38/h3-34H,1-2H3/b13-11+,14-12+. The molecule has 0 atom stereocenters. The van der Waals surface area contributed by atoms with Crippen LogP contribution >= 0.6 is 0 Å². The fourth-order valence-electron chi connectivity index (χ4n) is 7.68. The third-order valence-electron chi connectivity index (χ3n) is 10.6. The molecular weight excluding hydrogens is 613 g/mol. The van der Waals surface area contributed by atoms with Gasteiger partial charge >= 0.3 is 0 Å². The second-order valence-electron chi connectivity index (χ2n) is 14.3. The summed E-state index contributed by atoms with van der Waals surface area (Å²) in [6, 6.07) is 62.1. The number of fused-ring (bicyclic) bond motifs is 5. The summed E-state index contributed by atoms with van der Waals surface area (Å²) in [5, 5.41) is 5.08. The molecule has 9 rings (SSSR count). The molecule has 1 aliphatic rings. The van der Waals surface area contributed by atoms with Gasteiger partial charge in [-0.15, -0.1) is 0 Å². The molecule has 0 heteroatoms. The summed E-state index contributed by atoms with van der Waals surface area (Å²) in [5.74, 6) is 0. The fourth-order valence-corrected chi connectivity index (χ4v) is 7.68. The van der Waals surface area contributed by atoms with Crippen LogP contribution in [0.25, 0.3) is 79.2 Å². The maximum absolute atomic E-state index is 2.41. The number of hydrogen-bond acceptors (Lipinski definition) is 0. The summed E-state index contributed by atoms with van der Waals surface area (Å²) in [5.41, 5.74) is 15.2. The van der Waals surface area contributed by atoms with Crippen molar-refractivity contribution in [2.75, 3.05) is 0 Å². The van der Waals surface area contributed by atoms with E-state index in [-0.39, 0.29) is 5.41 Å². The zero-order valence-corrected chi connectivity index (χ0v) is 29.0. The topological polar surface area (TPSA) is 0 Å². The van der Waals surface area contributed by atoms with Crippen LogP contribution in [0.1, 0.15) is 47.2 Å². The van der Waals surface area contributed by atoms with E-state index in [1.165, 1.54) is 88.3 Å². The van der Waals surface area contributed by atoms with Crippen molar-refractivity contribution in [2.24, 2.45) is 0 Å². The molecule has 8 aromatic rings. The van der Waals surface area contributed by atoms with Gasteiger partial charge in [-0.1, -0.05) is 184 Å². The van der Waals surface area contributed by atoms with Gasteiger partial charge in [-0.05, 0) is 113 Å². The lowest BCUT2D eigenvalue weighted by Gasteiger charge is -2.22. The Labute approximate surface area is 300 Å². The summed E-state index contributed by atoms with van der Waals surface area (Å²) in [7, 11) is 0. The maximum atomic E-state index is 2.41. The van der Waals surface area contributed by atoms with Crippen molar-refractivity contribution < 1.29 is 0 Å². The van der Waals surface area contributed by atoms with E-state index in [0.717, 1.165) is 0 Å². The van der Waals surface area contributed by atoms with Crippen molar-refractivity contribution >= 4 is 45.8 Å². The molecule has 0 nitrogen and oxygen atoms in total. The molecule has 0 N–H and O–H groups in total. The highest BCUT2D eigenvalue weighted by Gasteiger charge is 2.35. The summed E-state index contributed by atoms with van der Waals surface area (Å²) in [6.07, 6.45) is 8.79. The minimum atomic E-state index is -0.0955. The smallest absolute Gasteiger partial charge is 0.0159 e. The molecule has 8 aromatic carbocycles. The molecule has 0 unspecified atom stereocenters. The van der Waals surface area contributed by atoms with Crippen LogP contribution in [-0.4, -0.2) is 0 Å². The van der Waals surface area contributed by atoms with Crippen LogP contribution in [0.4, 0.5) is 0 Å². The zero-order valence-electron chi connectivity index (χ0n) is 29.0. The van der Waals surface area contributed by atoms with Gasteiger partial charge in [-0.25, -0.2) is 0 Å². The predicted octanol–water partition coefficient (Wildman–Crippen LogP) is 14.0. The Kier molecular flexibility index (Phi) is 7.59. The highest BCUT2D eigenvalue weighted by atomic mass is 14.4. The molecule has 0 fully saturated rings. The Hall–Kier alpha value is -6.24. The largest absolute Gasteiger partial charge is 0.0616 e. The molecule has 0 spiro atoms. The molecule has 0 bridgehead atoms. The van der Waals surface area contributed by atoms with Crippen LogP contribution in [0.5, 0.6) is 0 Å². The van der Waals surface area contributed by atoms with Gasteiger partial charge in [0.05, 0.1) is 0 Å². The molecule has 0 radical (unpaired) electrons. The third kappa shape index (κ3) is 5.90. The van der Waals surface area contributed by atoms with Gasteiger partial charge in [0.25, 0.3) is 0 Å². The van der Waals surface area contributed by atoms with Gasteiger partial charge < -0.3 is 0 Å². The lowest BCUT2D eigenvalue weighted by atomic mass is 9.81. The second-order valence-corrected chi connectivity index (χ2v) is 14.3. The lowest BCUT2D eigenvalue weighted by Crippen LogP contribution is -2.15. The highest BCUT2D eigenvalue weighted by Crippen LogP contribution is 2.50. The first-order valence-electron chi connectivity index (χ1n) is 17.8. The van der Waals surface area contributed by atoms with Crippen molar-refractivity contribution in [2.45, 2.75) is 19.3 Å². The molecular formula is C51H38. The summed E-state index contributed by atoms with van der Waals surface area (Å²) in [4.78, 5) is 0. The SMILES string of the molecule is CC1(C)c2cc(-c3ccc(/C=C/c4ccc5ccccc5c4)cc3)ccc2-c2ccc(-c3ccc(/C=C/c4ccc5ccccc5c4)cc3)cc21. The lowest BCUT2D eigenvalue weighted by molar-refractivity contribution is 0.661. The molecule has 1 aliphatic carbocycles. The maximum Gasteiger partial charge on any atom is 0.0159 e. The number of rotatable bonds is 6. The van der Waals surface area contributed by atoms with E-state index in [1.54, 1.807) is 0 Å². The van der Waals surface area contributed by atoms with Gasteiger partial charge in [0.2, 0.25) is 0 Å². The van der Waals surface area contributed by atoms with Gasteiger partial charge in [-0.3, -0.25) is 0 Å². The van der Waals surface area contributed by atoms with Crippen molar-refractivity contribution in [3.63, 3.8) is 0 Å². The van der Waals surface area contributed by atoms with Crippen LogP contribution in [0.2, 0.25) is 0 Å². The monoisotopic (exact) mass is 650 g/mol. The van der Waals surface area contributed by atoms with E-state index in [9.17, 15) is 0 Å². The Morgan fingerprint density at radius 2 is 0.667 bits per heavy atom. The normalized spacial score (nSPS) is 13.3. The predicted molar refractivity (Wildman–Crippen MR) is 221 cm³/mol. The average Bonchev–Trinajstić information content (AvgIpc) is 3.41. The summed E-state index contributed by atoms with van der Waals surface area (Å²) < 4.78 is 0. The summed E-state index contributed by atoms with van der Waals surface area (Å²) >= 11 is 0. The van der Waals surface area contributed by atoms with Crippen molar-refractivity contribution in [3.8, 4) is 33.4 Å². The van der Waals surface area contributed by atoms with Gasteiger partial charge in [0.1, 0.15) is 0 Å². The molecule has 0 heterocycles. The quantitative estimate of drug-likeness (QED) is 0.157. The Balaban J connectivity index is 0.925. The molecule has 0 amide bonds. The van der Waals surface area contributed by atoms with Crippen LogP contribution in [0, 0.1) is 0 Å². The number of hydrogen-bond donors (Lipinski definition) is 0. The van der Waals surface area contributed by atoms with Crippen LogP contribution in [-0.2, 0) is 5.41 Å². The second kappa shape index (κ2) is 12.6. The van der Waals surface area contributed by atoms with Crippen molar-refractivity contribution in [1.29, 1.82) is 0 Å². The molecule has 0 aromatic heterocycles. The third-order valence-corrected chi connectivity index (χ3v) is 10.6. The Morgan fingerprint density at radius 1 is 0.314 bits per heavy atom. The van der Waals surface area contributed by atoms with E-state index >= 15 is 0 Å². The van der Waals surface area contributed by atoms with Crippen LogP contribution in [0.15, 0.2) is 170 Å². The molecule has 0 aliphatic heterocycles. The van der Waals surface area contributed by atoms with E-state index in [2.05, 4.69) is 208 Å². The van der Waals surface area contributed by atoms with E-state index < -0.39 is 0 Å². The number of benzene rings is 8. The first-order valence-corrected chi connectivity index (χ1v) is 17.8. The highest BCUT2D eigenvalue weighted by molar-refractivity contribution is 5.88. The van der Waals surface area contributed by atoms with Crippen LogP contribution in [0.3, 0.4) is 0 Å². The Bertz CT molecular complexity index is 2440. The van der Waals surface area contributed by atoms with Crippen molar-refractivity contribution in [3.05, 3.63) is 203 Å². The van der Waals surface area contributed by atoms with Crippen LogP contribution < -0.4 is 0 Å². The Morgan fingerprint density at radius 3 is 1.10 bits per heavy atom. The zero-order chi connectivity index (χ0) is 34.4. The van der Waals surface area contributed by atoms with Gasteiger partial charge in [0, 0.05) is 5.41 Å². The van der Waals surface area contributed by atoms with E-state index in [0.29, 0.717) is 0 Å². The van der Waals surface area contributed by atoms with Gasteiger partial charge in [-0.2, -0.15) is 0 Å². The minimum absolute atomic E-state index is 0.0955. The average molecular weight is 651 g/mol. The van der Waals surface area contributed by atoms with E-state index in [4.69, 9.17) is 0 Å². The molecule has 242 valence electrons. The minimum Gasteiger partial charge on any atom is -0.0616 e. The van der Waals surface area contributed by atoms with Gasteiger partial charge in [0.15, 0.2) is 0 Å².